The molecule has 0 aliphatic heterocycles. The third-order valence-electron chi connectivity index (χ3n) is 1.77. The van der Waals surface area contributed by atoms with Gasteiger partial charge in [0.2, 0.25) is 5.91 Å². The molecule has 0 aromatic carbocycles. The lowest BCUT2D eigenvalue weighted by Gasteiger charge is -2.13. The first-order valence-corrected chi connectivity index (χ1v) is 5.33. The van der Waals surface area contributed by atoms with Crippen molar-refractivity contribution in [3.8, 4) is 0 Å². The molecule has 1 aromatic heterocycles. The van der Waals surface area contributed by atoms with Crippen LogP contribution in [-0.4, -0.2) is 24.6 Å². The van der Waals surface area contributed by atoms with Crippen molar-refractivity contribution in [2.45, 2.75) is 19.4 Å². The Morgan fingerprint density at radius 3 is 3.07 bits per heavy atom. The minimum absolute atomic E-state index is 0.0117. The van der Waals surface area contributed by atoms with Crippen molar-refractivity contribution in [2.75, 3.05) is 13.7 Å². The highest BCUT2D eigenvalue weighted by atomic mass is 32.1. The van der Waals surface area contributed by atoms with E-state index in [0.29, 0.717) is 0 Å². The standard InChI is InChI=1S/C9H14N2O2S/c1-3-7(9-10-4-5-14-9)11-8(12)6-13-2/h4-5,7H,3,6H2,1-2H3,(H,11,12). The zero-order valence-electron chi connectivity index (χ0n) is 8.32. The van der Waals surface area contributed by atoms with E-state index < -0.39 is 0 Å². The summed E-state index contributed by atoms with van der Waals surface area (Å²) in [6.07, 6.45) is 2.58. The number of aromatic nitrogens is 1. The second-order valence-electron chi connectivity index (χ2n) is 2.83. The van der Waals surface area contributed by atoms with Gasteiger partial charge in [-0.2, -0.15) is 0 Å². The van der Waals surface area contributed by atoms with Gasteiger partial charge in [-0.15, -0.1) is 11.3 Å². The number of thiazole rings is 1. The second kappa shape index (κ2) is 5.72. The maximum atomic E-state index is 11.2. The molecule has 1 N–H and O–H groups in total. The summed E-state index contributed by atoms with van der Waals surface area (Å²) in [6.45, 7) is 2.11. The van der Waals surface area contributed by atoms with E-state index in [0.717, 1.165) is 11.4 Å². The predicted molar refractivity (Wildman–Crippen MR) is 55.2 cm³/mol. The molecule has 5 heteroatoms. The quantitative estimate of drug-likeness (QED) is 0.805. The van der Waals surface area contributed by atoms with Gasteiger partial charge in [0.25, 0.3) is 0 Å². The maximum absolute atomic E-state index is 11.2. The van der Waals surface area contributed by atoms with Gasteiger partial charge < -0.3 is 10.1 Å². The summed E-state index contributed by atoms with van der Waals surface area (Å²) in [5.74, 6) is -0.102. The zero-order chi connectivity index (χ0) is 10.4. The summed E-state index contributed by atoms with van der Waals surface area (Å²) in [7, 11) is 1.50. The van der Waals surface area contributed by atoms with Crippen LogP contribution in [0, 0.1) is 0 Å². The Morgan fingerprint density at radius 2 is 2.57 bits per heavy atom. The fourth-order valence-electron chi connectivity index (χ4n) is 1.11. The van der Waals surface area contributed by atoms with Gasteiger partial charge in [-0.05, 0) is 6.42 Å². The van der Waals surface area contributed by atoms with Gasteiger partial charge in [-0.25, -0.2) is 4.98 Å². The average molecular weight is 214 g/mol. The summed E-state index contributed by atoms with van der Waals surface area (Å²) in [5, 5.41) is 5.70. The van der Waals surface area contributed by atoms with E-state index in [1.807, 2.05) is 12.3 Å². The topological polar surface area (TPSA) is 51.2 Å². The predicted octanol–water partition coefficient (Wildman–Crippen LogP) is 1.36. The molecule has 1 aromatic rings. The summed E-state index contributed by atoms with van der Waals surface area (Å²) in [4.78, 5) is 15.4. The molecule has 1 heterocycles. The van der Waals surface area contributed by atoms with E-state index in [1.165, 1.54) is 7.11 Å². The van der Waals surface area contributed by atoms with Crippen LogP contribution in [-0.2, 0) is 9.53 Å². The fraction of sp³-hybridized carbons (Fsp3) is 0.556. The summed E-state index contributed by atoms with van der Waals surface area (Å²) < 4.78 is 4.74. The first kappa shape index (κ1) is 11.1. The van der Waals surface area contributed by atoms with Crippen LogP contribution in [0.5, 0.6) is 0 Å². The Labute approximate surface area is 87.3 Å². The van der Waals surface area contributed by atoms with Crippen LogP contribution in [0.4, 0.5) is 0 Å². The van der Waals surface area contributed by atoms with E-state index >= 15 is 0 Å². The van der Waals surface area contributed by atoms with Crippen LogP contribution >= 0.6 is 11.3 Å². The van der Waals surface area contributed by atoms with Crippen molar-refractivity contribution in [1.82, 2.24) is 10.3 Å². The zero-order valence-corrected chi connectivity index (χ0v) is 9.13. The molecule has 1 atom stereocenters. The largest absolute Gasteiger partial charge is 0.375 e. The fourth-order valence-corrected chi connectivity index (χ4v) is 1.88. The lowest BCUT2D eigenvalue weighted by Crippen LogP contribution is -2.30. The highest BCUT2D eigenvalue weighted by Gasteiger charge is 2.14. The number of nitrogens with one attached hydrogen (secondary N) is 1. The Balaban J connectivity index is 2.51. The van der Waals surface area contributed by atoms with E-state index in [4.69, 9.17) is 4.74 Å². The summed E-state index contributed by atoms with van der Waals surface area (Å²) in [6, 6.07) is 0.0117. The number of rotatable bonds is 5. The van der Waals surface area contributed by atoms with Crippen molar-refractivity contribution in [3.05, 3.63) is 16.6 Å². The first-order chi connectivity index (χ1) is 6.77. The smallest absolute Gasteiger partial charge is 0.246 e. The molecule has 14 heavy (non-hydrogen) atoms. The Bertz CT molecular complexity index is 274. The number of amides is 1. The SMILES string of the molecule is CCC(NC(=O)COC)c1nccs1. The Hall–Kier alpha value is -0.940. The molecular weight excluding hydrogens is 200 g/mol. The molecular formula is C9H14N2O2S. The van der Waals surface area contributed by atoms with Gasteiger partial charge in [0, 0.05) is 18.7 Å². The monoisotopic (exact) mass is 214 g/mol. The number of hydrogen-bond acceptors (Lipinski definition) is 4. The highest BCUT2D eigenvalue weighted by Crippen LogP contribution is 2.18. The van der Waals surface area contributed by atoms with E-state index in [1.54, 1.807) is 17.5 Å². The van der Waals surface area contributed by atoms with Gasteiger partial charge in [0.15, 0.2) is 0 Å². The molecule has 0 aliphatic rings. The maximum Gasteiger partial charge on any atom is 0.246 e. The molecule has 4 nitrogen and oxygen atoms in total. The number of carbonyl (C=O) groups excluding carboxylic acids is 1. The second-order valence-corrected chi connectivity index (χ2v) is 3.76. The first-order valence-electron chi connectivity index (χ1n) is 4.45. The minimum Gasteiger partial charge on any atom is -0.375 e. The molecule has 0 spiro atoms. The molecule has 0 saturated heterocycles. The molecule has 0 fully saturated rings. The summed E-state index contributed by atoms with van der Waals surface area (Å²) >= 11 is 1.55. The normalized spacial score (nSPS) is 12.4. The molecule has 1 rings (SSSR count). The van der Waals surface area contributed by atoms with Crippen molar-refractivity contribution in [1.29, 1.82) is 0 Å². The third-order valence-corrected chi connectivity index (χ3v) is 2.66. The molecule has 0 radical (unpaired) electrons. The van der Waals surface area contributed by atoms with Crippen LogP contribution in [0.2, 0.25) is 0 Å². The minimum atomic E-state index is -0.102. The number of carbonyl (C=O) groups is 1. The van der Waals surface area contributed by atoms with Crippen molar-refractivity contribution >= 4 is 17.2 Å². The lowest BCUT2D eigenvalue weighted by molar-refractivity contribution is -0.125. The molecule has 0 aliphatic carbocycles. The highest BCUT2D eigenvalue weighted by molar-refractivity contribution is 7.09. The molecule has 1 amide bonds. The van der Waals surface area contributed by atoms with Crippen LogP contribution in [0.1, 0.15) is 24.4 Å². The molecule has 0 bridgehead atoms. The van der Waals surface area contributed by atoms with Crippen LogP contribution in [0.25, 0.3) is 0 Å². The van der Waals surface area contributed by atoms with Crippen LogP contribution in [0.15, 0.2) is 11.6 Å². The Kier molecular flexibility index (Phi) is 4.55. The van der Waals surface area contributed by atoms with Gasteiger partial charge in [0.05, 0.1) is 6.04 Å². The lowest BCUT2D eigenvalue weighted by atomic mass is 10.2. The van der Waals surface area contributed by atoms with Gasteiger partial charge in [-0.1, -0.05) is 6.92 Å². The van der Waals surface area contributed by atoms with Gasteiger partial charge in [-0.3, -0.25) is 4.79 Å². The number of nitrogens with zero attached hydrogens (tertiary/aromatic N) is 1. The van der Waals surface area contributed by atoms with E-state index in [2.05, 4.69) is 10.3 Å². The average Bonchev–Trinajstić information content (AvgIpc) is 2.67. The van der Waals surface area contributed by atoms with Gasteiger partial charge in [0.1, 0.15) is 11.6 Å². The van der Waals surface area contributed by atoms with E-state index in [9.17, 15) is 4.79 Å². The number of methoxy groups -OCH3 is 1. The molecule has 1 unspecified atom stereocenters. The van der Waals surface area contributed by atoms with Crippen molar-refractivity contribution in [3.63, 3.8) is 0 Å². The van der Waals surface area contributed by atoms with Crippen molar-refractivity contribution < 1.29 is 9.53 Å². The molecule has 0 saturated carbocycles. The van der Waals surface area contributed by atoms with Crippen LogP contribution in [0.3, 0.4) is 0 Å². The van der Waals surface area contributed by atoms with Crippen molar-refractivity contribution in [2.24, 2.45) is 0 Å². The Morgan fingerprint density at radius 1 is 1.79 bits per heavy atom. The summed E-state index contributed by atoms with van der Waals surface area (Å²) in [5.41, 5.74) is 0. The van der Waals surface area contributed by atoms with Gasteiger partial charge >= 0.3 is 0 Å². The molecule has 78 valence electrons. The number of hydrogen-bond donors (Lipinski definition) is 1. The van der Waals surface area contributed by atoms with Crippen LogP contribution < -0.4 is 5.32 Å². The number of ether oxygens (including phenoxy) is 1. The third kappa shape index (κ3) is 3.08. The van der Waals surface area contributed by atoms with E-state index in [-0.39, 0.29) is 18.6 Å².